The molecule has 5 nitrogen and oxygen atoms in total. The van der Waals surface area contributed by atoms with E-state index in [0.29, 0.717) is 13.0 Å². The number of hydrogen-bond acceptors (Lipinski definition) is 4. The number of ether oxygens (including phenoxy) is 1. The van der Waals surface area contributed by atoms with E-state index in [2.05, 4.69) is 12.2 Å². The summed E-state index contributed by atoms with van der Waals surface area (Å²) in [5.74, 6) is 0. The van der Waals surface area contributed by atoms with E-state index in [1.807, 2.05) is 13.0 Å². The van der Waals surface area contributed by atoms with Gasteiger partial charge < -0.3 is 10.1 Å². The van der Waals surface area contributed by atoms with Gasteiger partial charge in [-0.05, 0) is 32.4 Å². The summed E-state index contributed by atoms with van der Waals surface area (Å²) >= 11 is 0. The fourth-order valence-electron chi connectivity index (χ4n) is 2.06. The largest absolute Gasteiger partial charge is 0.383 e. The minimum Gasteiger partial charge on any atom is -0.383 e. The number of nitro groups is 1. The molecule has 1 atom stereocenters. The fraction of sp³-hybridized carbons (Fsp3) is 0.571. The van der Waals surface area contributed by atoms with Crippen LogP contribution in [0.5, 0.6) is 0 Å². The Morgan fingerprint density at radius 2 is 2.21 bits per heavy atom. The van der Waals surface area contributed by atoms with Gasteiger partial charge in [0.1, 0.15) is 0 Å². The molecule has 0 saturated carbocycles. The monoisotopic (exact) mass is 266 g/mol. The molecule has 0 bridgehead atoms. The summed E-state index contributed by atoms with van der Waals surface area (Å²) in [6, 6.07) is 5.33. The van der Waals surface area contributed by atoms with E-state index in [0.717, 1.165) is 24.1 Å². The average molecular weight is 266 g/mol. The maximum absolute atomic E-state index is 11.0. The van der Waals surface area contributed by atoms with Gasteiger partial charge in [0, 0.05) is 24.8 Å². The van der Waals surface area contributed by atoms with Crippen molar-refractivity contribution in [1.82, 2.24) is 5.32 Å². The molecule has 1 N–H and O–H groups in total. The van der Waals surface area contributed by atoms with Crippen molar-refractivity contribution in [2.75, 3.05) is 20.3 Å². The molecule has 0 aliphatic heterocycles. The molecule has 0 spiro atoms. The molecule has 0 radical (unpaired) electrons. The number of rotatable bonds is 8. The van der Waals surface area contributed by atoms with E-state index in [4.69, 9.17) is 4.74 Å². The molecule has 0 aliphatic carbocycles. The summed E-state index contributed by atoms with van der Waals surface area (Å²) in [6.07, 6.45) is 1.63. The number of nitro benzene ring substituents is 1. The van der Waals surface area contributed by atoms with E-state index < -0.39 is 0 Å². The molecular formula is C14H22N2O3. The lowest BCUT2D eigenvalue weighted by Crippen LogP contribution is -2.35. The summed E-state index contributed by atoms with van der Waals surface area (Å²) in [5.41, 5.74) is 1.98. The quantitative estimate of drug-likeness (QED) is 0.580. The van der Waals surface area contributed by atoms with Crippen LogP contribution in [0.15, 0.2) is 18.2 Å². The fourth-order valence-corrected chi connectivity index (χ4v) is 2.06. The van der Waals surface area contributed by atoms with Crippen LogP contribution < -0.4 is 5.32 Å². The van der Waals surface area contributed by atoms with Crippen molar-refractivity contribution in [3.8, 4) is 0 Å². The SMILES string of the molecule is CCCNC(COC)Cc1cc(C)ccc1[N+](=O)[O-]. The van der Waals surface area contributed by atoms with Crippen molar-refractivity contribution in [3.05, 3.63) is 39.4 Å². The van der Waals surface area contributed by atoms with Gasteiger partial charge in [-0.1, -0.05) is 18.6 Å². The van der Waals surface area contributed by atoms with Gasteiger partial charge in [0.05, 0.1) is 11.5 Å². The summed E-state index contributed by atoms with van der Waals surface area (Å²) in [6.45, 7) is 5.46. The van der Waals surface area contributed by atoms with Gasteiger partial charge in [0.25, 0.3) is 5.69 Å². The van der Waals surface area contributed by atoms with Gasteiger partial charge in [-0.15, -0.1) is 0 Å². The Balaban J connectivity index is 2.87. The van der Waals surface area contributed by atoms with Gasteiger partial charge >= 0.3 is 0 Å². The van der Waals surface area contributed by atoms with E-state index in [-0.39, 0.29) is 16.7 Å². The first-order chi connectivity index (χ1) is 9.08. The highest BCUT2D eigenvalue weighted by Gasteiger charge is 2.17. The van der Waals surface area contributed by atoms with E-state index >= 15 is 0 Å². The summed E-state index contributed by atoms with van der Waals surface area (Å²) in [7, 11) is 1.64. The Morgan fingerprint density at radius 1 is 1.47 bits per heavy atom. The number of methoxy groups -OCH3 is 1. The minimum atomic E-state index is -0.321. The molecule has 106 valence electrons. The normalized spacial score (nSPS) is 12.4. The second kappa shape index (κ2) is 7.86. The standard InChI is InChI=1S/C14H22N2O3/c1-4-7-15-13(10-19-3)9-12-8-11(2)5-6-14(12)16(17)18/h5-6,8,13,15H,4,7,9-10H2,1-3H3. The van der Waals surface area contributed by atoms with Crippen molar-refractivity contribution < 1.29 is 9.66 Å². The van der Waals surface area contributed by atoms with Crippen molar-refractivity contribution in [1.29, 1.82) is 0 Å². The third-order valence-electron chi connectivity index (χ3n) is 2.95. The Hall–Kier alpha value is -1.46. The molecule has 5 heteroatoms. The first kappa shape index (κ1) is 15.6. The summed E-state index contributed by atoms with van der Waals surface area (Å²) < 4.78 is 5.17. The zero-order chi connectivity index (χ0) is 14.3. The van der Waals surface area contributed by atoms with E-state index in [1.54, 1.807) is 19.2 Å². The Labute approximate surface area is 114 Å². The molecule has 1 aromatic carbocycles. The Bertz CT molecular complexity index is 421. The molecule has 1 unspecified atom stereocenters. The minimum absolute atomic E-state index is 0.102. The van der Waals surface area contributed by atoms with Gasteiger partial charge in [-0.25, -0.2) is 0 Å². The summed E-state index contributed by atoms with van der Waals surface area (Å²) in [4.78, 5) is 10.7. The molecular weight excluding hydrogens is 244 g/mol. The van der Waals surface area contributed by atoms with E-state index in [9.17, 15) is 10.1 Å². The van der Waals surface area contributed by atoms with Crippen LogP contribution >= 0.6 is 0 Å². The first-order valence-corrected chi connectivity index (χ1v) is 6.54. The maximum Gasteiger partial charge on any atom is 0.272 e. The predicted octanol–water partition coefficient (Wildman–Crippen LogP) is 2.46. The molecule has 0 saturated heterocycles. The van der Waals surface area contributed by atoms with Crippen LogP contribution in [0, 0.1) is 17.0 Å². The van der Waals surface area contributed by atoms with Gasteiger partial charge in [0.15, 0.2) is 0 Å². The Morgan fingerprint density at radius 3 is 2.79 bits per heavy atom. The van der Waals surface area contributed by atoms with Crippen LogP contribution in [-0.4, -0.2) is 31.2 Å². The van der Waals surface area contributed by atoms with Crippen molar-refractivity contribution in [3.63, 3.8) is 0 Å². The van der Waals surface area contributed by atoms with Crippen molar-refractivity contribution in [2.24, 2.45) is 0 Å². The topological polar surface area (TPSA) is 64.4 Å². The first-order valence-electron chi connectivity index (χ1n) is 6.54. The predicted molar refractivity (Wildman–Crippen MR) is 75.5 cm³/mol. The van der Waals surface area contributed by atoms with Crippen molar-refractivity contribution in [2.45, 2.75) is 32.7 Å². The molecule has 0 fully saturated rings. The van der Waals surface area contributed by atoms with Crippen LogP contribution in [0.4, 0.5) is 5.69 Å². The molecule has 0 aromatic heterocycles. The third-order valence-corrected chi connectivity index (χ3v) is 2.95. The number of benzene rings is 1. The lowest BCUT2D eigenvalue weighted by molar-refractivity contribution is -0.385. The highest BCUT2D eigenvalue weighted by atomic mass is 16.6. The average Bonchev–Trinajstić information content (AvgIpc) is 2.36. The third kappa shape index (κ3) is 4.96. The molecule has 0 amide bonds. The maximum atomic E-state index is 11.0. The summed E-state index contributed by atoms with van der Waals surface area (Å²) in [5, 5.41) is 14.4. The lowest BCUT2D eigenvalue weighted by Gasteiger charge is -2.17. The molecule has 0 heterocycles. The molecule has 1 rings (SSSR count). The van der Waals surface area contributed by atoms with Crippen LogP contribution in [0.1, 0.15) is 24.5 Å². The lowest BCUT2D eigenvalue weighted by atomic mass is 10.0. The molecule has 1 aromatic rings. The number of aryl methyl sites for hydroxylation is 1. The van der Waals surface area contributed by atoms with Gasteiger partial charge in [0.2, 0.25) is 0 Å². The Kier molecular flexibility index (Phi) is 6.45. The highest BCUT2D eigenvalue weighted by molar-refractivity contribution is 5.43. The molecule has 0 aliphatic rings. The van der Waals surface area contributed by atoms with Crippen molar-refractivity contribution >= 4 is 5.69 Å². The van der Waals surface area contributed by atoms with Crippen LogP contribution in [-0.2, 0) is 11.2 Å². The van der Waals surface area contributed by atoms with Gasteiger partial charge in [-0.3, -0.25) is 10.1 Å². The van der Waals surface area contributed by atoms with Crippen LogP contribution in [0.3, 0.4) is 0 Å². The molecule has 19 heavy (non-hydrogen) atoms. The zero-order valence-corrected chi connectivity index (χ0v) is 11.8. The van der Waals surface area contributed by atoms with Crippen LogP contribution in [0.2, 0.25) is 0 Å². The number of nitrogens with zero attached hydrogens (tertiary/aromatic N) is 1. The number of hydrogen-bond donors (Lipinski definition) is 1. The smallest absolute Gasteiger partial charge is 0.272 e. The zero-order valence-electron chi connectivity index (χ0n) is 11.8. The van der Waals surface area contributed by atoms with Gasteiger partial charge in [-0.2, -0.15) is 0 Å². The van der Waals surface area contributed by atoms with Crippen LogP contribution in [0.25, 0.3) is 0 Å². The number of nitrogens with one attached hydrogen (secondary N) is 1. The highest BCUT2D eigenvalue weighted by Crippen LogP contribution is 2.21. The second-order valence-corrected chi connectivity index (χ2v) is 4.70. The second-order valence-electron chi connectivity index (χ2n) is 4.70. The van der Waals surface area contributed by atoms with E-state index in [1.165, 1.54) is 0 Å².